The molecule has 172 valence electrons. The van der Waals surface area contributed by atoms with E-state index in [1.165, 1.54) is 0 Å². The lowest BCUT2D eigenvalue weighted by atomic mass is 9.68. The average molecular weight is 450 g/mol. The molecule has 0 radical (unpaired) electrons. The van der Waals surface area contributed by atoms with Gasteiger partial charge in [0.2, 0.25) is 11.8 Å². The maximum atomic E-state index is 13.3. The van der Waals surface area contributed by atoms with E-state index in [1.54, 1.807) is 4.90 Å². The van der Waals surface area contributed by atoms with E-state index in [9.17, 15) is 19.2 Å². The zero-order valence-electron chi connectivity index (χ0n) is 18.2. The Morgan fingerprint density at radius 1 is 1.00 bits per heavy atom. The molecule has 0 aromatic heterocycles. The topological polar surface area (TPSA) is 113 Å². The number of rotatable bonds is 6. The lowest BCUT2D eigenvalue weighted by Gasteiger charge is -2.45. The molecule has 0 aliphatic carbocycles. The van der Waals surface area contributed by atoms with Crippen molar-refractivity contribution in [3.63, 3.8) is 0 Å². The lowest BCUT2D eigenvalue weighted by Crippen LogP contribution is -2.62. The van der Waals surface area contributed by atoms with Crippen molar-refractivity contribution in [3.05, 3.63) is 60.2 Å². The van der Waals surface area contributed by atoms with Crippen LogP contribution in [-0.4, -0.2) is 59.9 Å². The van der Waals surface area contributed by atoms with Gasteiger partial charge in [-0.05, 0) is 29.5 Å². The number of piperidine rings is 1. The van der Waals surface area contributed by atoms with Crippen molar-refractivity contribution < 1.29 is 29.0 Å². The van der Waals surface area contributed by atoms with Crippen molar-refractivity contribution in [2.45, 2.75) is 19.4 Å². The molecule has 4 rings (SSSR count). The second-order valence-corrected chi connectivity index (χ2v) is 8.56. The number of ketones is 1. The van der Waals surface area contributed by atoms with Crippen molar-refractivity contribution in [1.82, 2.24) is 10.2 Å². The Bertz CT molecular complexity index is 1040. The molecule has 1 spiro atoms. The molecule has 8 heteroatoms. The summed E-state index contributed by atoms with van der Waals surface area (Å²) in [5.74, 6) is -4.67. The molecule has 2 aliphatic heterocycles. The molecule has 2 aromatic carbocycles. The third-order valence-electron chi connectivity index (χ3n) is 6.40. The number of carboxylic acid groups (broad SMARTS) is 1. The first-order valence-corrected chi connectivity index (χ1v) is 10.9. The molecule has 2 saturated heterocycles. The van der Waals surface area contributed by atoms with Crippen molar-refractivity contribution in [2.75, 3.05) is 26.3 Å². The fourth-order valence-electron chi connectivity index (χ4n) is 4.57. The highest BCUT2D eigenvalue weighted by atomic mass is 16.5. The normalized spacial score (nSPS) is 20.0. The van der Waals surface area contributed by atoms with Gasteiger partial charge in [-0.2, -0.15) is 0 Å². The molecule has 1 unspecified atom stereocenters. The number of carboxylic acids is 1. The van der Waals surface area contributed by atoms with Gasteiger partial charge in [0.05, 0.1) is 5.41 Å². The third kappa shape index (κ3) is 4.80. The Kier molecular flexibility index (Phi) is 6.55. The van der Waals surface area contributed by atoms with Crippen molar-refractivity contribution >= 4 is 23.6 Å². The van der Waals surface area contributed by atoms with Gasteiger partial charge in [-0.25, -0.2) is 0 Å². The van der Waals surface area contributed by atoms with Gasteiger partial charge in [0.15, 0.2) is 11.7 Å². The third-order valence-corrected chi connectivity index (χ3v) is 6.40. The van der Waals surface area contributed by atoms with Crippen LogP contribution in [0.2, 0.25) is 0 Å². The van der Waals surface area contributed by atoms with Crippen molar-refractivity contribution in [3.8, 4) is 11.1 Å². The molecule has 33 heavy (non-hydrogen) atoms. The van der Waals surface area contributed by atoms with Gasteiger partial charge in [-0.3, -0.25) is 19.2 Å². The summed E-state index contributed by atoms with van der Waals surface area (Å²) in [6.45, 7) is 0.586. The first-order valence-electron chi connectivity index (χ1n) is 10.9. The van der Waals surface area contributed by atoms with E-state index in [2.05, 4.69) is 5.32 Å². The highest BCUT2D eigenvalue weighted by molar-refractivity contribution is 6.21. The van der Waals surface area contributed by atoms with Gasteiger partial charge < -0.3 is 20.1 Å². The fraction of sp³-hybridized carbons (Fsp3) is 0.360. The van der Waals surface area contributed by atoms with E-state index in [1.807, 2.05) is 54.6 Å². The number of carbonyl (C=O) groups excluding carboxylic acids is 3. The minimum atomic E-state index is -1.54. The van der Waals surface area contributed by atoms with Crippen LogP contribution in [0.25, 0.3) is 11.1 Å². The summed E-state index contributed by atoms with van der Waals surface area (Å²) in [7, 11) is 0. The fourth-order valence-corrected chi connectivity index (χ4v) is 4.57. The maximum absolute atomic E-state index is 13.3. The van der Waals surface area contributed by atoms with Crippen molar-refractivity contribution in [1.29, 1.82) is 0 Å². The molecule has 2 N–H and O–H groups in total. The Hall–Kier alpha value is -3.52. The number of hydrogen-bond donors (Lipinski definition) is 2. The number of Topliss-reactive ketones (excluding diaryl/α,β-unsaturated/α-hetero) is 1. The summed E-state index contributed by atoms with van der Waals surface area (Å²) in [5.41, 5.74) is 2.15. The highest BCUT2D eigenvalue weighted by Gasteiger charge is 2.54. The summed E-state index contributed by atoms with van der Waals surface area (Å²) in [4.78, 5) is 51.6. The van der Waals surface area contributed by atoms with E-state index in [-0.39, 0.29) is 13.1 Å². The van der Waals surface area contributed by atoms with Crippen LogP contribution in [0.1, 0.15) is 18.4 Å². The predicted molar refractivity (Wildman–Crippen MR) is 119 cm³/mol. The van der Waals surface area contributed by atoms with Gasteiger partial charge >= 0.3 is 5.97 Å². The molecule has 2 aliphatic rings. The average Bonchev–Trinajstić information content (AvgIpc) is 2.83. The monoisotopic (exact) mass is 450 g/mol. The molecular formula is C25H26N2O6. The Balaban J connectivity index is 1.57. The van der Waals surface area contributed by atoms with Crippen LogP contribution in [0.3, 0.4) is 0 Å². The lowest BCUT2D eigenvalue weighted by molar-refractivity contribution is -0.164. The Morgan fingerprint density at radius 2 is 1.64 bits per heavy atom. The number of amides is 2. The first kappa shape index (κ1) is 22.7. The van der Waals surface area contributed by atoms with Gasteiger partial charge in [-0.15, -0.1) is 0 Å². The minimum Gasteiger partial charge on any atom is -0.480 e. The van der Waals surface area contributed by atoms with Crippen LogP contribution in [0.4, 0.5) is 0 Å². The molecule has 1 atom stereocenters. The van der Waals surface area contributed by atoms with Crippen LogP contribution in [-0.2, 0) is 30.5 Å². The van der Waals surface area contributed by atoms with Crippen LogP contribution in [0.15, 0.2) is 54.6 Å². The van der Waals surface area contributed by atoms with E-state index in [0.717, 1.165) is 16.7 Å². The number of likely N-dealkylation sites (tertiary alicyclic amines) is 1. The molecule has 2 fully saturated rings. The van der Waals surface area contributed by atoms with Crippen LogP contribution < -0.4 is 5.32 Å². The summed E-state index contributed by atoms with van der Waals surface area (Å²) < 4.78 is 5.42. The highest BCUT2D eigenvalue weighted by Crippen LogP contribution is 2.40. The Morgan fingerprint density at radius 3 is 2.27 bits per heavy atom. The van der Waals surface area contributed by atoms with Crippen LogP contribution >= 0.6 is 0 Å². The summed E-state index contributed by atoms with van der Waals surface area (Å²) in [6, 6.07) is 17.7. The summed E-state index contributed by atoms with van der Waals surface area (Å²) >= 11 is 0. The zero-order valence-corrected chi connectivity index (χ0v) is 18.2. The molecule has 2 heterocycles. The summed E-state index contributed by atoms with van der Waals surface area (Å²) in [5, 5.41) is 11.1. The molecule has 2 aromatic rings. The van der Waals surface area contributed by atoms with Gasteiger partial charge in [0, 0.05) is 26.3 Å². The standard InChI is InChI=1S/C25H26N2O6/c28-20(29)14-26-23(31)21-22(30)25(10-12-33-13-11-25)16-27(24(21)32)15-17-6-8-19(9-7-17)18-4-2-1-3-5-18/h1-9,21H,10-16H2,(H,26,31)(H,28,29). The van der Waals surface area contributed by atoms with Crippen molar-refractivity contribution in [2.24, 2.45) is 11.3 Å². The number of nitrogens with one attached hydrogen (secondary N) is 1. The van der Waals surface area contributed by atoms with Gasteiger partial charge in [0.1, 0.15) is 6.54 Å². The molecule has 0 bridgehead atoms. The summed E-state index contributed by atoms with van der Waals surface area (Å²) in [6.07, 6.45) is 0.844. The van der Waals surface area contributed by atoms with E-state index < -0.39 is 41.4 Å². The van der Waals surface area contributed by atoms with E-state index >= 15 is 0 Å². The van der Waals surface area contributed by atoms with E-state index in [4.69, 9.17) is 9.84 Å². The molecule has 0 saturated carbocycles. The number of carbonyl (C=O) groups is 4. The first-order chi connectivity index (χ1) is 15.9. The minimum absolute atomic E-state index is 0.219. The van der Waals surface area contributed by atoms with Crippen LogP contribution in [0.5, 0.6) is 0 Å². The number of ether oxygens (including phenoxy) is 1. The zero-order chi connectivity index (χ0) is 23.4. The van der Waals surface area contributed by atoms with E-state index in [0.29, 0.717) is 26.1 Å². The number of hydrogen-bond acceptors (Lipinski definition) is 5. The van der Waals surface area contributed by atoms with Gasteiger partial charge in [0.25, 0.3) is 0 Å². The number of aliphatic carboxylic acids is 1. The molecular weight excluding hydrogens is 424 g/mol. The predicted octanol–water partition coefficient (Wildman–Crippen LogP) is 1.88. The SMILES string of the molecule is O=C(O)CNC(=O)C1C(=O)N(Cc2ccc(-c3ccccc3)cc2)CC2(CCOCC2)C1=O. The largest absolute Gasteiger partial charge is 0.480 e. The molecule has 8 nitrogen and oxygen atoms in total. The molecule has 2 amide bonds. The maximum Gasteiger partial charge on any atom is 0.322 e. The number of nitrogens with zero attached hydrogens (tertiary/aromatic N) is 1. The second kappa shape index (κ2) is 9.54. The van der Waals surface area contributed by atoms with Crippen LogP contribution in [0, 0.1) is 11.3 Å². The Labute approximate surface area is 191 Å². The van der Waals surface area contributed by atoms with Gasteiger partial charge in [-0.1, -0.05) is 54.6 Å². The second-order valence-electron chi connectivity index (χ2n) is 8.56. The smallest absolute Gasteiger partial charge is 0.322 e. The quantitative estimate of drug-likeness (QED) is 0.650. The number of benzene rings is 2.